The zero-order valence-electron chi connectivity index (χ0n) is 10.6. The van der Waals surface area contributed by atoms with Crippen LogP contribution in [0.5, 0.6) is 0 Å². The Morgan fingerprint density at radius 1 is 1.59 bits per heavy atom. The maximum absolute atomic E-state index is 11.8. The van der Waals surface area contributed by atoms with E-state index >= 15 is 0 Å². The Morgan fingerprint density at radius 3 is 3.18 bits per heavy atom. The molecule has 0 aromatic rings. The minimum atomic E-state index is 0.140. The van der Waals surface area contributed by atoms with Gasteiger partial charge in [0.05, 0.1) is 6.10 Å². The number of nitrogens with zero attached hydrogens (tertiary/aromatic N) is 1. The van der Waals surface area contributed by atoms with Crippen LogP contribution in [-0.4, -0.2) is 62.8 Å². The molecule has 0 saturated carbocycles. The molecule has 0 spiro atoms. The van der Waals surface area contributed by atoms with E-state index in [9.17, 15) is 4.79 Å². The molecule has 0 aromatic heterocycles. The highest BCUT2D eigenvalue weighted by Gasteiger charge is 2.22. The molecule has 2 fully saturated rings. The Balaban J connectivity index is 1.65. The van der Waals surface area contributed by atoms with Gasteiger partial charge in [0, 0.05) is 45.2 Å². The fourth-order valence-electron chi connectivity index (χ4n) is 2.41. The Bertz CT molecular complexity index is 254. The van der Waals surface area contributed by atoms with Crippen molar-refractivity contribution < 1.29 is 9.53 Å². The summed E-state index contributed by atoms with van der Waals surface area (Å²) in [6.07, 6.45) is 3.01. The smallest absolute Gasteiger partial charge is 0.221 e. The molecule has 17 heavy (non-hydrogen) atoms. The molecule has 2 aliphatic rings. The lowest BCUT2D eigenvalue weighted by Gasteiger charge is -2.32. The van der Waals surface area contributed by atoms with Crippen LogP contribution in [0.15, 0.2) is 0 Å². The maximum Gasteiger partial charge on any atom is 0.221 e. The minimum Gasteiger partial charge on any atom is -0.376 e. The van der Waals surface area contributed by atoms with Crippen LogP contribution in [0.2, 0.25) is 0 Å². The number of nitrogens with one attached hydrogen (secondary N) is 2. The molecule has 5 heteroatoms. The van der Waals surface area contributed by atoms with Crippen LogP contribution in [0.4, 0.5) is 0 Å². The van der Waals surface area contributed by atoms with Crippen LogP contribution in [0, 0.1) is 0 Å². The van der Waals surface area contributed by atoms with Gasteiger partial charge >= 0.3 is 0 Å². The maximum atomic E-state index is 11.8. The van der Waals surface area contributed by atoms with Crippen LogP contribution in [-0.2, 0) is 9.53 Å². The van der Waals surface area contributed by atoms with Crippen molar-refractivity contribution in [2.24, 2.45) is 0 Å². The van der Waals surface area contributed by atoms with Gasteiger partial charge in [-0.25, -0.2) is 0 Å². The first-order valence-corrected chi connectivity index (χ1v) is 6.55. The largest absolute Gasteiger partial charge is 0.376 e. The number of piperazine rings is 1. The van der Waals surface area contributed by atoms with E-state index in [1.54, 1.807) is 0 Å². The van der Waals surface area contributed by atoms with E-state index in [0.29, 0.717) is 19.0 Å². The molecule has 2 saturated heterocycles. The van der Waals surface area contributed by atoms with Gasteiger partial charge in [0.2, 0.25) is 5.91 Å². The Hall–Kier alpha value is -0.650. The third-order valence-corrected chi connectivity index (χ3v) is 3.62. The third kappa shape index (κ3) is 3.94. The fraction of sp³-hybridized carbons (Fsp3) is 0.917. The molecule has 0 aliphatic carbocycles. The summed E-state index contributed by atoms with van der Waals surface area (Å²) in [5, 5.41) is 6.30. The topological polar surface area (TPSA) is 53.6 Å². The molecule has 2 aliphatic heterocycles. The van der Waals surface area contributed by atoms with E-state index in [1.807, 2.05) is 0 Å². The van der Waals surface area contributed by atoms with Crippen molar-refractivity contribution in [3.8, 4) is 0 Å². The second-order valence-electron chi connectivity index (χ2n) is 4.98. The van der Waals surface area contributed by atoms with Crippen molar-refractivity contribution in [3.05, 3.63) is 0 Å². The summed E-state index contributed by atoms with van der Waals surface area (Å²) in [5.41, 5.74) is 0. The lowest BCUT2D eigenvalue weighted by atomic mass is 10.1. The summed E-state index contributed by atoms with van der Waals surface area (Å²) in [5.74, 6) is 0.140. The van der Waals surface area contributed by atoms with Crippen molar-refractivity contribution in [2.75, 3.05) is 39.8 Å². The number of hydrogen-bond donors (Lipinski definition) is 2. The molecule has 2 atom stereocenters. The molecule has 2 heterocycles. The van der Waals surface area contributed by atoms with Crippen molar-refractivity contribution in [2.45, 2.75) is 31.4 Å². The highest BCUT2D eigenvalue weighted by molar-refractivity contribution is 5.76. The molecular weight excluding hydrogens is 218 g/mol. The van der Waals surface area contributed by atoms with Crippen molar-refractivity contribution in [1.29, 1.82) is 0 Å². The van der Waals surface area contributed by atoms with E-state index in [-0.39, 0.29) is 12.0 Å². The van der Waals surface area contributed by atoms with Gasteiger partial charge in [0.25, 0.3) is 0 Å². The Morgan fingerprint density at radius 2 is 2.47 bits per heavy atom. The molecule has 0 radical (unpaired) electrons. The van der Waals surface area contributed by atoms with E-state index in [1.165, 1.54) is 0 Å². The highest BCUT2D eigenvalue weighted by atomic mass is 16.5. The van der Waals surface area contributed by atoms with E-state index in [0.717, 1.165) is 39.1 Å². The first-order valence-electron chi connectivity index (χ1n) is 6.55. The van der Waals surface area contributed by atoms with Crippen molar-refractivity contribution >= 4 is 5.91 Å². The molecule has 2 rings (SSSR count). The normalized spacial score (nSPS) is 30.4. The standard InChI is InChI=1S/C12H23N3O2/c1-15-5-4-13-8-10(15)7-12(16)14-9-11-3-2-6-17-11/h10-11,13H,2-9H2,1H3,(H,14,16). The Labute approximate surface area is 103 Å². The molecule has 98 valence electrons. The SMILES string of the molecule is CN1CCNCC1CC(=O)NCC1CCCO1. The number of ether oxygens (including phenoxy) is 1. The van der Waals surface area contributed by atoms with E-state index in [2.05, 4.69) is 22.6 Å². The van der Waals surface area contributed by atoms with Crippen molar-refractivity contribution in [1.82, 2.24) is 15.5 Å². The van der Waals surface area contributed by atoms with Gasteiger partial charge in [-0.15, -0.1) is 0 Å². The van der Waals surface area contributed by atoms with Crippen LogP contribution in [0.3, 0.4) is 0 Å². The third-order valence-electron chi connectivity index (χ3n) is 3.62. The highest BCUT2D eigenvalue weighted by Crippen LogP contribution is 2.11. The molecule has 2 N–H and O–H groups in total. The predicted octanol–water partition coefficient (Wildman–Crippen LogP) is -0.425. The average molecular weight is 241 g/mol. The second kappa shape index (κ2) is 6.33. The predicted molar refractivity (Wildman–Crippen MR) is 65.9 cm³/mol. The lowest BCUT2D eigenvalue weighted by Crippen LogP contribution is -2.51. The first kappa shape index (κ1) is 12.8. The minimum absolute atomic E-state index is 0.140. The molecular formula is C12H23N3O2. The van der Waals surface area contributed by atoms with Gasteiger partial charge in [-0.2, -0.15) is 0 Å². The summed E-state index contributed by atoms with van der Waals surface area (Å²) >= 11 is 0. The summed E-state index contributed by atoms with van der Waals surface area (Å²) in [7, 11) is 2.08. The number of hydrogen-bond acceptors (Lipinski definition) is 4. The summed E-state index contributed by atoms with van der Waals surface area (Å²) < 4.78 is 5.48. The zero-order valence-corrected chi connectivity index (χ0v) is 10.6. The molecule has 1 amide bonds. The van der Waals surface area contributed by atoms with Gasteiger partial charge < -0.3 is 20.3 Å². The molecule has 0 aromatic carbocycles. The molecule has 0 bridgehead atoms. The van der Waals surface area contributed by atoms with E-state index in [4.69, 9.17) is 4.74 Å². The second-order valence-corrected chi connectivity index (χ2v) is 4.98. The van der Waals surface area contributed by atoms with Crippen LogP contribution in [0.1, 0.15) is 19.3 Å². The number of carbonyl (C=O) groups is 1. The van der Waals surface area contributed by atoms with E-state index < -0.39 is 0 Å². The number of carbonyl (C=O) groups excluding carboxylic acids is 1. The first-order chi connectivity index (χ1) is 8.25. The average Bonchev–Trinajstić information content (AvgIpc) is 2.82. The van der Waals surface area contributed by atoms with Crippen LogP contribution < -0.4 is 10.6 Å². The van der Waals surface area contributed by atoms with Gasteiger partial charge in [-0.1, -0.05) is 0 Å². The molecule has 5 nitrogen and oxygen atoms in total. The van der Waals surface area contributed by atoms with Crippen LogP contribution in [0.25, 0.3) is 0 Å². The fourth-order valence-corrected chi connectivity index (χ4v) is 2.41. The summed E-state index contributed by atoms with van der Waals surface area (Å²) in [6, 6.07) is 0.327. The summed E-state index contributed by atoms with van der Waals surface area (Å²) in [6.45, 7) is 4.45. The van der Waals surface area contributed by atoms with Gasteiger partial charge in [-0.05, 0) is 19.9 Å². The monoisotopic (exact) mass is 241 g/mol. The molecule has 2 unspecified atom stereocenters. The number of rotatable bonds is 4. The zero-order chi connectivity index (χ0) is 12.1. The van der Waals surface area contributed by atoms with Gasteiger partial charge in [0.1, 0.15) is 0 Å². The lowest BCUT2D eigenvalue weighted by molar-refractivity contribution is -0.122. The van der Waals surface area contributed by atoms with Crippen molar-refractivity contribution in [3.63, 3.8) is 0 Å². The van der Waals surface area contributed by atoms with Gasteiger partial charge in [-0.3, -0.25) is 4.79 Å². The number of likely N-dealkylation sites (N-methyl/N-ethyl adjacent to an activating group) is 1. The van der Waals surface area contributed by atoms with Crippen LogP contribution >= 0.6 is 0 Å². The quantitative estimate of drug-likeness (QED) is 0.701. The summed E-state index contributed by atoms with van der Waals surface area (Å²) in [4.78, 5) is 14.0. The Kier molecular flexibility index (Phi) is 4.76. The van der Waals surface area contributed by atoms with Gasteiger partial charge in [0.15, 0.2) is 0 Å². The number of amides is 1.